The predicted molar refractivity (Wildman–Crippen MR) is 123 cm³/mol. The van der Waals surface area contributed by atoms with Crippen molar-refractivity contribution in [3.63, 3.8) is 0 Å². The smallest absolute Gasteiger partial charge is 0.171 e. The summed E-state index contributed by atoms with van der Waals surface area (Å²) in [5, 5.41) is 18.6. The summed E-state index contributed by atoms with van der Waals surface area (Å²) in [6, 6.07) is 14.1. The second-order valence-electron chi connectivity index (χ2n) is 6.74. The van der Waals surface area contributed by atoms with E-state index in [1.54, 1.807) is 6.20 Å². The monoisotopic (exact) mass is 475 g/mol. The molecule has 0 aliphatic carbocycles. The summed E-state index contributed by atoms with van der Waals surface area (Å²) in [5.74, 6) is 0.945. The van der Waals surface area contributed by atoms with Gasteiger partial charge in [0, 0.05) is 34.4 Å². The Bertz CT molecular complexity index is 1010. The highest BCUT2D eigenvalue weighted by Gasteiger charge is 2.22. The fourth-order valence-electron chi connectivity index (χ4n) is 3.42. The van der Waals surface area contributed by atoms with Crippen LogP contribution in [-0.2, 0) is 0 Å². The predicted octanol–water partition coefficient (Wildman–Crippen LogP) is 5.00. The number of para-hydroxylation sites is 1. The maximum Gasteiger partial charge on any atom is 0.171 e. The largest absolute Gasteiger partial charge is 0.360 e. The summed E-state index contributed by atoms with van der Waals surface area (Å²) >= 11 is 15.2. The quantitative estimate of drug-likeness (QED) is 0.519. The lowest BCUT2D eigenvalue weighted by Gasteiger charge is -2.34. The van der Waals surface area contributed by atoms with Gasteiger partial charge in [0.05, 0.1) is 16.9 Å². The number of aromatic nitrogens is 2. The molecule has 0 bridgehead atoms. The highest BCUT2D eigenvalue weighted by molar-refractivity contribution is 9.10. The van der Waals surface area contributed by atoms with E-state index in [9.17, 15) is 0 Å². The number of piperidine rings is 1. The molecule has 8 heteroatoms. The number of hydrogen-bond acceptors (Lipinski definition) is 4. The Balaban J connectivity index is 1.37. The van der Waals surface area contributed by atoms with Crippen molar-refractivity contribution in [3.05, 3.63) is 58.2 Å². The molecule has 1 aliphatic heterocycles. The van der Waals surface area contributed by atoms with E-state index in [0.717, 1.165) is 52.7 Å². The Kier molecular flexibility index (Phi) is 5.94. The molecule has 2 heterocycles. The first kappa shape index (κ1) is 19.4. The number of thiocarbonyl (C=S) groups is 1. The fraction of sp³-hybridized carbons (Fsp3) is 0.250. The lowest BCUT2D eigenvalue weighted by Crippen LogP contribution is -2.46. The Labute approximate surface area is 182 Å². The topological polar surface area (TPSA) is 53.1 Å². The highest BCUT2D eigenvalue weighted by atomic mass is 79.9. The summed E-state index contributed by atoms with van der Waals surface area (Å²) in [7, 11) is 0. The van der Waals surface area contributed by atoms with Crippen molar-refractivity contribution in [2.24, 2.45) is 0 Å². The molecule has 0 unspecified atom stereocenters. The van der Waals surface area contributed by atoms with E-state index in [1.807, 2.05) is 30.3 Å². The molecular weight excluding hydrogens is 458 g/mol. The number of rotatable bonds is 3. The van der Waals surface area contributed by atoms with Crippen LogP contribution in [-0.4, -0.2) is 34.4 Å². The van der Waals surface area contributed by atoms with Crippen molar-refractivity contribution in [1.82, 2.24) is 15.5 Å². The van der Waals surface area contributed by atoms with Gasteiger partial charge in [-0.15, -0.1) is 5.10 Å². The number of nitrogens with one attached hydrogen (secondary N) is 2. The molecule has 28 heavy (non-hydrogen) atoms. The number of anilines is 2. The van der Waals surface area contributed by atoms with Crippen LogP contribution < -0.4 is 15.5 Å². The zero-order valence-corrected chi connectivity index (χ0v) is 18.2. The SMILES string of the molecule is S=C(Nc1ccccc1Cl)NC1CCN(c2nncc3cc(Br)ccc23)CC1. The third-order valence-corrected chi connectivity index (χ3v) is 5.90. The standard InChI is InChI=1S/C20H19BrClN5S/c21-14-5-6-16-13(11-14)12-23-26-19(16)27-9-7-15(8-10-27)24-20(28)25-18-4-2-1-3-17(18)22/h1-6,11-12,15H,7-10H2,(H2,24,25,28). The molecule has 1 saturated heterocycles. The van der Waals surface area contributed by atoms with Crippen molar-refractivity contribution in [1.29, 1.82) is 0 Å². The highest BCUT2D eigenvalue weighted by Crippen LogP contribution is 2.28. The molecule has 0 radical (unpaired) electrons. The lowest BCUT2D eigenvalue weighted by molar-refractivity contribution is 0.466. The number of nitrogens with zero attached hydrogens (tertiary/aromatic N) is 3. The van der Waals surface area contributed by atoms with Crippen LogP contribution in [0.1, 0.15) is 12.8 Å². The van der Waals surface area contributed by atoms with Crippen LogP contribution in [0.4, 0.5) is 11.5 Å². The Morgan fingerprint density at radius 3 is 2.75 bits per heavy atom. The Hall–Kier alpha value is -1.96. The number of fused-ring (bicyclic) bond motifs is 1. The minimum absolute atomic E-state index is 0.316. The second kappa shape index (κ2) is 8.59. The van der Waals surface area contributed by atoms with Crippen LogP contribution in [0.25, 0.3) is 10.8 Å². The van der Waals surface area contributed by atoms with Gasteiger partial charge >= 0.3 is 0 Å². The summed E-state index contributed by atoms with van der Waals surface area (Å²) in [6.07, 6.45) is 3.74. The average Bonchev–Trinajstić information content (AvgIpc) is 2.70. The molecule has 5 nitrogen and oxygen atoms in total. The first-order valence-corrected chi connectivity index (χ1v) is 10.7. The molecule has 4 rings (SSSR count). The number of benzene rings is 2. The minimum atomic E-state index is 0.316. The zero-order valence-electron chi connectivity index (χ0n) is 15.0. The average molecular weight is 477 g/mol. The molecule has 1 aromatic heterocycles. The molecule has 3 aromatic rings. The van der Waals surface area contributed by atoms with Gasteiger partial charge in [0.25, 0.3) is 0 Å². The van der Waals surface area contributed by atoms with Crippen molar-refractivity contribution in [2.45, 2.75) is 18.9 Å². The van der Waals surface area contributed by atoms with Crippen molar-refractivity contribution >= 4 is 67.1 Å². The van der Waals surface area contributed by atoms with E-state index in [1.165, 1.54) is 0 Å². The van der Waals surface area contributed by atoms with Crippen LogP contribution in [0.15, 0.2) is 53.1 Å². The third-order valence-electron chi connectivity index (χ3n) is 4.86. The maximum absolute atomic E-state index is 6.18. The number of halogens is 2. The summed E-state index contributed by atoms with van der Waals surface area (Å²) in [5.41, 5.74) is 0.816. The van der Waals surface area contributed by atoms with E-state index in [2.05, 4.69) is 53.8 Å². The van der Waals surface area contributed by atoms with Crippen molar-refractivity contribution < 1.29 is 0 Å². The van der Waals surface area contributed by atoms with Gasteiger partial charge in [-0.25, -0.2) is 0 Å². The van der Waals surface area contributed by atoms with E-state index in [-0.39, 0.29) is 0 Å². The first-order valence-electron chi connectivity index (χ1n) is 9.08. The van der Waals surface area contributed by atoms with Gasteiger partial charge in [0.2, 0.25) is 0 Å². The van der Waals surface area contributed by atoms with E-state index in [0.29, 0.717) is 16.2 Å². The minimum Gasteiger partial charge on any atom is -0.360 e. The lowest BCUT2D eigenvalue weighted by atomic mass is 10.0. The molecule has 2 N–H and O–H groups in total. The van der Waals surface area contributed by atoms with Gasteiger partial charge in [-0.3, -0.25) is 0 Å². The molecular formula is C20H19BrClN5S. The summed E-state index contributed by atoms with van der Waals surface area (Å²) < 4.78 is 1.04. The summed E-state index contributed by atoms with van der Waals surface area (Å²) in [4.78, 5) is 2.30. The van der Waals surface area contributed by atoms with E-state index in [4.69, 9.17) is 23.8 Å². The first-order chi connectivity index (χ1) is 13.6. The van der Waals surface area contributed by atoms with Crippen molar-refractivity contribution in [2.75, 3.05) is 23.3 Å². The van der Waals surface area contributed by atoms with Crippen LogP contribution in [0, 0.1) is 0 Å². The van der Waals surface area contributed by atoms with Gasteiger partial charge in [0.15, 0.2) is 10.9 Å². The molecule has 1 fully saturated rings. The van der Waals surface area contributed by atoms with Crippen LogP contribution in [0.3, 0.4) is 0 Å². The van der Waals surface area contributed by atoms with Gasteiger partial charge in [-0.05, 0) is 55.4 Å². The number of hydrogen-bond donors (Lipinski definition) is 2. The van der Waals surface area contributed by atoms with Gasteiger partial charge in [0.1, 0.15) is 0 Å². The van der Waals surface area contributed by atoms with Crippen LogP contribution in [0.5, 0.6) is 0 Å². The van der Waals surface area contributed by atoms with Gasteiger partial charge in [-0.2, -0.15) is 5.10 Å². The van der Waals surface area contributed by atoms with E-state index >= 15 is 0 Å². The maximum atomic E-state index is 6.18. The normalized spacial score (nSPS) is 14.9. The fourth-order valence-corrected chi connectivity index (χ4v) is 4.26. The van der Waals surface area contributed by atoms with Gasteiger partial charge < -0.3 is 15.5 Å². The molecule has 1 aliphatic rings. The molecule has 0 saturated carbocycles. The Morgan fingerprint density at radius 2 is 1.96 bits per heavy atom. The second-order valence-corrected chi connectivity index (χ2v) is 8.47. The summed E-state index contributed by atoms with van der Waals surface area (Å²) in [6.45, 7) is 1.80. The van der Waals surface area contributed by atoms with Gasteiger partial charge in [-0.1, -0.05) is 39.7 Å². The zero-order chi connectivity index (χ0) is 19.5. The molecule has 0 amide bonds. The van der Waals surface area contributed by atoms with E-state index < -0.39 is 0 Å². The van der Waals surface area contributed by atoms with Crippen molar-refractivity contribution in [3.8, 4) is 0 Å². The molecule has 0 spiro atoms. The van der Waals surface area contributed by atoms with Crippen LogP contribution in [0.2, 0.25) is 5.02 Å². The third kappa shape index (κ3) is 4.37. The molecule has 2 aromatic carbocycles. The Morgan fingerprint density at radius 1 is 1.18 bits per heavy atom. The molecule has 0 atom stereocenters. The molecule has 144 valence electrons. The van der Waals surface area contributed by atoms with Crippen LogP contribution >= 0.6 is 39.7 Å².